The van der Waals surface area contributed by atoms with Gasteiger partial charge in [-0.05, 0) is 56.7 Å². The number of anilines is 2. The van der Waals surface area contributed by atoms with Crippen LogP contribution in [0.15, 0.2) is 59.8 Å². The topological polar surface area (TPSA) is 138 Å². The summed E-state index contributed by atoms with van der Waals surface area (Å²) < 4.78 is 67.6. The molecule has 3 heterocycles. The van der Waals surface area contributed by atoms with Crippen LogP contribution in [-0.4, -0.2) is 68.3 Å². The molecule has 1 N–H and O–H groups in total. The van der Waals surface area contributed by atoms with Gasteiger partial charge in [-0.2, -0.15) is 5.26 Å². The van der Waals surface area contributed by atoms with Gasteiger partial charge in [0.25, 0.3) is 10.0 Å². The third-order valence-corrected chi connectivity index (χ3v) is 8.43. The van der Waals surface area contributed by atoms with Gasteiger partial charge in [-0.25, -0.2) is 27.0 Å². The van der Waals surface area contributed by atoms with Crippen molar-refractivity contribution < 1.29 is 31.5 Å². The highest BCUT2D eigenvalue weighted by Gasteiger charge is 2.29. The number of nitrogens with zero attached hydrogens (tertiary/aromatic N) is 5. The average molecular weight is 637 g/mol. The molecule has 234 valence electrons. The van der Waals surface area contributed by atoms with Gasteiger partial charge in [0.1, 0.15) is 29.0 Å². The highest BCUT2D eigenvalue weighted by molar-refractivity contribution is 7.92. The lowest BCUT2D eigenvalue weighted by Crippen LogP contribution is -2.50. The van der Waals surface area contributed by atoms with Gasteiger partial charge in [0, 0.05) is 49.5 Å². The van der Waals surface area contributed by atoms with E-state index in [4.69, 9.17) is 9.47 Å². The zero-order valence-electron chi connectivity index (χ0n) is 25.0. The zero-order valence-corrected chi connectivity index (χ0v) is 25.8. The average Bonchev–Trinajstić information content (AvgIpc) is 2.99. The number of carbonyl (C=O) groups excluding carboxylic acids is 1. The number of nitrogens with one attached hydrogen (secondary N) is 1. The van der Waals surface area contributed by atoms with Gasteiger partial charge in [-0.15, -0.1) is 0 Å². The second kappa shape index (κ2) is 12.2. The molecule has 5 rings (SSSR count). The molecule has 0 saturated carbocycles. The fourth-order valence-corrected chi connectivity index (χ4v) is 6.19. The predicted molar refractivity (Wildman–Crippen MR) is 163 cm³/mol. The van der Waals surface area contributed by atoms with E-state index in [2.05, 4.69) is 20.8 Å². The molecule has 0 unspecified atom stereocenters. The number of amides is 1. The van der Waals surface area contributed by atoms with Gasteiger partial charge in [-0.1, -0.05) is 12.1 Å². The predicted octanol–water partition coefficient (Wildman–Crippen LogP) is 5.31. The van der Waals surface area contributed by atoms with Gasteiger partial charge >= 0.3 is 6.09 Å². The number of pyridine rings is 2. The van der Waals surface area contributed by atoms with E-state index in [1.807, 2.05) is 4.90 Å². The van der Waals surface area contributed by atoms with Crippen LogP contribution in [0.4, 0.5) is 25.0 Å². The molecule has 1 aliphatic heterocycles. The molecule has 2 aromatic heterocycles. The normalized spacial score (nSPS) is 13.8. The molecule has 0 aliphatic carbocycles. The SMILES string of the molecule is COc1ncc(-c2ccc3ncc(C#N)c(N4CCN(C(=O)OC(C)(C)C)CC4)c3c2)cc1NS(=O)(=O)c1c(F)cccc1F. The number of hydrogen-bond donors (Lipinski definition) is 1. The summed E-state index contributed by atoms with van der Waals surface area (Å²) in [5, 5.41) is 10.6. The van der Waals surface area contributed by atoms with Crippen LogP contribution in [0.25, 0.3) is 22.0 Å². The molecule has 0 atom stereocenters. The van der Waals surface area contributed by atoms with Crippen molar-refractivity contribution in [3.8, 4) is 23.1 Å². The smallest absolute Gasteiger partial charge is 0.410 e. The van der Waals surface area contributed by atoms with Crippen molar-refractivity contribution >= 4 is 38.4 Å². The number of piperazine rings is 1. The molecule has 4 aromatic rings. The first-order chi connectivity index (χ1) is 21.3. The molecular weight excluding hydrogens is 606 g/mol. The van der Waals surface area contributed by atoms with E-state index in [0.717, 1.165) is 18.2 Å². The maximum Gasteiger partial charge on any atom is 0.410 e. The number of halogens is 2. The Morgan fingerprint density at radius 2 is 1.69 bits per heavy atom. The number of hydrogen-bond acceptors (Lipinski definition) is 9. The van der Waals surface area contributed by atoms with Crippen molar-refractivity contribution in [1.82, 2.24) is 14.9 Å². The second-order valence-corrected chi connectivity index (χ2v) is 12.9. The van der Waals surface area contributed by atoms with Gasteiger partial charge in [0.15, 0.2) is 4.90 Å². The maximum atomic E-state index is 14.3. The van der Waals surface area contributed by atoms with Gasteiger partial charge in [0.2, 0.25) is 5.88 Å². The van der Waals surface area contributed by atoms with Crippen molar-refractivity contribution in [2.24, 2.45) is 0 Å². The summed E-state index contributed by atoms with van der Waals surface area (Å²) in [4.78, 5) is 23.8. The molecule has 1 aliphatic rings. The Morgan fingerprint density at radius 1 is 1.00 bits per heavy atom. The Labute approximate surface area is 259 Å². The quantitative estimate of drug-likeness (QED) is 0.298. The van der Waals surface area contributed by atoms with Gasteiger partial charge in [-0.3, -0.25) is 9.71 Å². The Hall–Kier alpha value is -5.03. The molecule has 45 heavy (non-hydrogen) atoms. The van der Waals surface area contributed by atoms with E-state index in [1.54, 1.807) is 43.9 Å². The van der Waals surface area contributed by atoms with Crippen LogP contribution in [0.3, 0.4) is 0 Å². The maximum absolute atomic E-state index is 14.3. The van der Waals surface area contributed by atoms with Crippen LogP contribution in [0.2, 0.25) is 0 Å². The first-order valence-corrected chi connectivity index (χ1v) is 15.4. The molecule has 1 fully saturated rings. The number of ether oxygens (including phenoxy) is 2. The molecule has 11 nitrogen and oxygen atoms in total. The number of fused-ring (bicyclic) bond motifs is 1. The number of rotatable bonds is 6. The van der Waals surface area contributed by atoms with Crippen LogP contribution in [0.1, 0.15) is 26.3 Å². The highest BCUT2D eigenvalue weighted by atomic mass is 32.2. The monoisotopic (exact) mass is 636 g/mol. The Balaban J connectivity index is 1.50. The molecular formula is C31H30F2N6O5S. The first-order valence-electron chi connectivity index (χ1n) is 13.9. The summed E-state index contributed by atoms with van der Waals surface area (Å²) in [7, 11) is -3.42. The van der Waals surface area contributed by atoms with E-state index in [9.17, 15) is 27.3 Å². The van der Waals surface area contributed by atoms with Gasteiger partial charge < -0.3 is 19.3 Å². The third kappa shape index (κ3) is 6.58. The fraction of sp³-hybridized carbons (Fsp3) is 0.290. The number of sulfonamides is 1. The minimum atomic E-state index is -4.70. The van der Waals surface area contributed by atoms with Crippen LogP contribution in [0, 0.1) is 23.0 Å². The van der Waals surface area contributed by atoms with E-state index < -0.39 is 38.2 Å². The first kappa shape index (κ1) is 31.4. The lowest BCUT2D eigenvalue weighted by molar-refractivity contribution is 0.0240. The zero-order chi connectivity index (χ0) is 32.5. The molecule has 0 radical (unpaired) electrons. The van der Waals surface area contributed by atoms with Crippen molar-refractivity contribution in [1.29, 1.82) is 5.26 Å². The van der Waals surface area contributed by atoms with E-state index in [1.165, 1.54) is 25.6 Å². The largest absolute Gasteiger partial charge is 0.480 e. The standard InChI is InChI=1S/C31H30F2N6O5S/c1-31(2,3)44-30(40)39-12-10-38(11-13-39)27-21(16-34)18-35-25-9-8-19(14-22(25)27)20-15-26(29(43-4)36-17-20)37-45(41,42)28-23(32)6-5-7-24(28)33/h5-9,14-15,17-18,37H,10-13H2,1-4H3. The summed E-state index contributed by atoms with van der Waals surface area (Å²) >= 11 is 0. The summed E-state index contributed by atoms with van der Waals surface area (Å²) in [6.07, 6.45) is 2.56. The lowest BCUT2D eigenvalue weighted by Gasteiger charge is -2.37. The minimum Gasteiger partial charge on any atom is -0.480 e. The fourth-order valence-electron chi connectivity index (χ4n) is 5.00. The Morgan fingerprint density at radius 3 is 2.31 bits per heavy atom. The van der Waals surface area contributed by atoms with Crippen molar-refractivity contribution in [2.75, 3.05) is 42.9 Å². The number of methoxy groups -OCH3 is 1. The van der Waals surface area contributed by atoms with E-state index in [-0.39, 0.29) is 11.6 Å². The van der Waals surface area contributed by atoms with Crippen LogP contribution in [0.5, 0.6) is 5.88 Å². The summed E-state index contributed by atoms with van der Waals surface area (Å²) in [6, 6.07) is 11.7. The summed E-state index contributed by atoms with van der Waals surface area (Å²) in [5.74, 6) is -2.61. The van der Waals surface area contributed by atoms with E-state index >= 15 is 0 Å². The van der Waals surface area contributed by atoms with E-state index in [0.29, 0.717) is 59.5 Å². The Kier molecular flexibility index (Phi) is 8.48. The minimum absolute atomic E-state index is 0.114. The molecule has 14 heteroatoms. The molecule has 1 amide bonds. The van der Waals surface area contributed by atoms with Gasteiger partial charge in [0.05, 0.1) is 23.9 Å². The number of carbonyl (C=O) groups is 1. The highest BCUT2D eigenvalue weighted by Crippen LogP contribution is 2.36. The number of benzene rings is 2. The third-order valence-electron chi connectivity index (χ3n) is 7.02. The molecule has 1 saturated heterocycles. The van der Waals surface area contributed by atoms with Crippen molar-refractivity contribution in [2.45, 2.75) is 31.3 Å². The van der Waals surface area contributed by atoms with Crippen molar-refractivity contribution in [3.05, 3.63) is 72.1 Å². The number of nitriles is 1. The summed E-state index contributed by atoms with van der Waals surface area (Å²) in [5.41, 5.74) is 1.89. The lowest BCUT2D eigenvalue weighted by atomic mass is 10.0. The van der Waals surface area contributed by atoms with Crippen LogP contribution in [-0.2, 0) is 14.8 Å². The molecule has 0 spiro atoms. The molecule has 2 aromatic carbocycles. The van der Waals surface area contributed by atoms with Crippen molar-refractivity contribution in [3.63, 3.8) is 0 Å². The van der Waals surface area contributed by atoms with Crippen LogP contribution < -0.4 is 14.4 Å². The molecule has 0 bridgehead atoms. The Bertz CT molecular complexity index is 1910. The van der Waals surface area contributed by atoms with Crippen LogP contribution >= 0.6 is 0 Å². The number of aromatic nitrogens is 2. The second-order valence-electron chi connectivity index (χ2n) is 11.3. The summed E-state index contributed by atoms with van der Waals surface area (Å²) in [6.45, 7) is 7.08.